The molecule has 7 heteroatoms. The zero-order valence-corrected chi connectivity index (χ0v) is 11.7. The van der Waals surface area contributed by atoms with Crippen LogP contribution in [0.4, 0.5) is 8.78 Å². The predicted octanol–water partition coefficient (Wildman–Crippen LogP) is 2.32. The summed E-state index contributed by atoms with van der Waals surface area (Å²) in [6, 6.07) is 11.0. The van der Waals surface area contributed by atoms with Crippen molar-refractivity contribution in [2.24, 2.45) is 0 Å². The molecule has 1 N–H and O–H groups in total. The zero-order chi connectivity index (χ0) is 15.3. The van der Waals surface area contributed by atoms with Crippen molar-refractivity contribution < 1.29 is 21.9 Å². The first-order valence-electron chi connectivity index (χ1n) is 6.11. The van der Waals surface area contributed by atoms with Crippen LogP contribution in [-0.4, -0.2) is 21.6 Å². The van der Waals surface area contributed by atoms with Gasteiger partial charge in [-0.1, -0.05) is 18.2 Å². The second kappa shape index (κ2) is 6.64. The van der Waals surface area contributed by atoms with Crippen molar-refractivity contribution >= 4 is 10.0 Å². The van der Waals surface area contributed by atoms with Gasteiger partial charge in [0.1, 0.15) is 12.4 Å². The summed E-state index contributed by atoms with van der Waals surface area (Å²) in [7, 11) is -3.59. The topological polar surface area (TPSA) is 55.4 Å². The molecule has 2 rings (SSSR count). The van der Waals surface area contributed by atoms with Crippen LogP contribution in [0, 0.1) is 11.6 Å². The molecule has 0 heterocycles. The van der Waals surface area contributed by atoms with Gasteiger partial charge in [-0.2, -0.15) is 0 Å². The third-order valence-electron chi connectivity index (χ3n) is 2.61. The standard InChI is InChI=1S/C14H13F2NO3S/c15-13-7-6-11(10-14(13)16)20-9-8-17-21(18,19)12-4-2-1-3-5-12/h1-7,10,17H,8-9H2. The van der Waals surface area contributed by atoms with Gasteiger partial charge in [0.05, 0.1) is 4.90 Å². The van der Waals surface area contributed by atoms with E-state index >= 15 is 0 Å². The molecular formula is C14H13F2NO3S. The molecule has 0 radical (unpaired) electrons. The Morgan fingerprint density at radius 3 is 2.38 bits per heavy atom. The van der Waals surface area contributed by atoms with Crippen molar-refractivity contribution in [3.05, 3.63) is 60.2 Å². The largest absolute Gasteiger partial charge is 0.492 e. The Hall–Kier alpha value is -1.99. The quantitative estimate of drug-likeness (QED) is 0.833. The predicted molar refractivity (Wildman–Crippen MR) is 73.5 cm³/mol. The van der Waals surface area contributed by atoms with Gasteiger partial charge in [0, 0.05) is 12.6 Å². The van der Waals surface area contributed by atoms with Crippen LogP contribution in [0.2, 0.25) is 0 Å². The van der Waals surface area contributed by atoms with E-state index in [2.05, 4.69) is 4.72 Å². The maximum Gasteiger partial charge on any atom is 0.240 e. The van der Waals surface area contributed by atoms with Crippen molar-refractivity contribution in [2.45, 2.75) is 4.90 Å². The molecule has 0 spiro atoms. The normalized spacial score (nSPS) is 11.3. The molecule has 112 valence electrons. The molecule has 0 aromatic heterocycles. The SMILES string of the molecule is O=S(=O)(NCCOc1ccc(F)c(F)c1)c1ccccc1. The zero-order valence-electron chi connectivity index (χ0n) is 10.9. The van der Waals surface area contributed by atoms with E-state index in [0.717, 1.165) is 12.1 Å². The monoisotopic (exact) mass is 313 g/mol. The first-order valence-corrected chi connectivity index (χ1v) is 7.60. The Balaban J connectivity index is 1.86. The summed E-state index contributed by atoms with van der Waals surface area (Å²) in [5, 5.41) is 0. The minimum Gasteiger partial charge on any atom is -0.492 e. The van der Waals surface area contributed by atoms with E-state index in [-0.39, 0.29) is 23.8 Å². The highest BCUT2D eigenvalue weighted by atomic mass is 32.2. The average Bonchev–Trinajstić information content (AvgIpc) is 2.48. The first kappa shape index (κ1) is 15.4. The lowest BCUT2D eigenvalue weighted by atomic mass is 10.3. The number of halogens is 2. The molecule has 2 aromatic rings. The molecule has 0 aliphatic heterocycles. The third kappa shape index (κ3) is 4.24. The van der Waals surface area contributed by atoms with Gasteiger partial charge < -0.3 is 4.74 Å². The van der Waals surface area contributed by atoms with Crippen molar-refractivity contribution in [1.82, 2.24) is 4.72 Å². The molecular weight excluding hydrogens is 300 g/mol. The van der Waals surface area contributed by atoms with Crippen LogP contribution >= 0.6 is 0 Å². The van der Waals surface area contributed by atoms with Gasteiger partial charge >= 0.3 is 0 Å². The van der Waals surface area contributed by atoms with E-state index in [1.54, 1.807) is 18.2 Å². The number of benzene rings is 2. The molecule has 0 fully saturated rings. The van der Waals surface area contributed by atoms with Crippen LogP contribution in [-0.2, 0) is 10.0 Å². The number of nitrogens with one attached hydrogen (secondary N) is 1. The van der Waals surface area contributed by atoms with Gasteiger partial charge in [-0.25, -0.2) is 21.9 Å². The molecule has 0 unspecified atom stereocenters. The summed E-state index contributed by atoms with van der Waals surface area (Å²) in [4.78, 5) is 0.151. The van der Waals surface area contributed by atoms with Gasteiger partial charge in [-0.3, -0.25) is 0 Å². The minimum absolute atomic E-state index is 0.00284. The van der Waals surface area contributed by atoms with Crippen LogP contribution in [0.5, 0.6) is 5.75 Å². The summed E-state index contributed by atoms with van der Waals surface area (Å²) in [6.45, 7) is 0.00730. The summed E-state index contributed by atoms with van der Waals surface area (Å²) in [6.07, 6.45) is 0. The molecule has 0 saturated heterocycles. The lowest BCUT2D eigenvalue weighted by Crippen LogP contribution is -2.28. The van der Waals surface area contributed by atoms with E-state index < -0.39 is 21.7 Å². The van der Waals surface area contributed by atoms with Crippen LogP contribution in [0.15, 0.2) is 53.4 Å². The second-order valence-corrected chi connectivity index (χ2v) is 5.90. The number of hydrogen-bond acceptors (Lipinski definition) is 3. The fraction of sp³-hybridized carbons (Fsp3) is 0.143. The van der Waals surface area contributed by atoms with Crippen LogP contribution in [0.25, 0.3) is 0 Å². The highest BCUT2D eigenvalue weighted by Gasteiger charge is 2.12. The van der Waals surface area contributed by atoms with Gasteiger partial charge in [0.25, 0.3) is 0 Å². The van der Waals surface area contributed by atoms with E-state index in [4.69, 9.17) is 4.74 Å². The van der Waals surface area contributed by atoms with E-state index in [1.165, 1.54) is 18.2 Å². The molecule has 0 aliphatic rings. The highest BCUT2D eigenvalue weighted by Crippen LogP contribution is 2.15. The number of sulfonamides is 1. The molecule has 0 atom stereocenters. The summed E-state index contributed by atoms with van der Waals surface area (Å²) >= 11 is 0. The highest BCUT2D eigenvalue weighted by molar-refractivity contribution is 7.89. The van der Waals surface area contributed by atoms with Gasteiger partial charge in [0.15, 0.2) is 11.6 Å². The Morgan fingerprint density at radius 1 is 1.00 bits per heavy atom. The Morgan fingerprint density at radius 2 is 1.71 bits per heavy atom. The molecule has 4 nitrogen and oxygen atoms in total. The van der Waals surface area contributed by atoms with Gasteiger partial charge in [-0.05, 0) is 24.3 Å². The van der Waals surface area contributed by atoms with Crippen molar-refractivity contribution in [2.75, 3.05) is 13.2 Å². The van der Waals surface area contributed by atoms with Gasteiger partial charge in [0.2, 0.25) is 10.0 Å². The second-order valence-electron chi connectivity index (χ2n) is 4.14. The maximum atomic E-state index is 12.9. The van der Waals surface area contributed by atoms with E-state index in [0.29, 0.717) is 0 Å². The molecule has 21 heavy (non-hydrogen) atoms. The van der Waals surface area contributed by atoms with E-state index in [9.17, 15) is 17.2 Å². The number of rotatable bonds is 6. The molecule has 0 bridgehead atoms. The van der Waals surface area contributed by atoms with E-state index in [1.807, 2.05) is 0 Å². The fourth-order valence-corrected chi connectivity index (χ4v) is 2.63. The molecule has 0 aliphatic carbocycles. The lowest BCUT2D eigenvalue weighted by molar-refractivity contribution is 0.319. The van der Waals surface area contributed by atoms with Crippen molar-refractivity contribution in [1.29, 1.82) is 0 Å². The fourth-order valence-electron chi connectivity index (χ4n) is 1.59. The first-order chi connectivity index (χ1) is 9.99. The summed E-state index contributed by atoms with van der Waals surface area (Å²) in [5.41, 5.74) is 0. The van der Waals surface area contributed by atoms with Gasteiger partial charge in [-0.15, -0.1) is 0 Å². The average molecular weight is 313 g/mol. The molecule has 0 amide bonds. The smallest absolute Gasteiger partial charge is 0.240 e. The summed E-state index contributed by atoms with van der Waals surface area (Å²) in [5.74, 6) is -1.85. The summed E-state index contributed by atoms with van der Waals surface area (Å²) < 4.78 is 56.9. The third-order valence-corrected chi connectivity index (χ3v) is 4.08. The van der Waals surface area contributed by atoms with Crippen LogP contribution in [0.1, 0.15) is 0 Å². The van der Waals surface area contributed by atoms with Crippen molar-refractivity contribution in [3.63, 3.8) is 0 Å². The Kier molecular flexibility index (Phi) is 4.87. The molecule has 0 saturated carbocycles. The Labute approximate surface area is 121 Å². The van der Waals surface area contributed by atoms with Crippen LogP contribution < -0.4 is 9.46 Å². The molecule has 2 aromatic carbocycles. The maximum absolute atomic E-state index is 12.9. The van der Waals surface area contributed by atoms with Crippen molar-refractivity contribution in [3.8, 4) is 5.75 Å². The lowest BCUT2D eigenvalue weighted by Gasteiger charge is -2.08. The van der Waals surface area contributed by atoms with Crippen LogP contribution in [0.3, 0.4) is 0 Å². The minimum atomic E-state index is -3.59. The number of ether oxygens (including phenoxy) is 1. The Bertz CT molecular complexity index is 705. The number of hydrogen-bond donors (Lipinski definition) is 1.